The summed E-state index contributed by atoms with van der Waals surface area (Å²) in [6.45, 7) is 4.05. The van der Waals surface area contributed by atoms with Crippen molar-refractivity contribution >= 4 is 17.0 Å². The van der Waals surface area contributed by atoms with Crippen LogP contribution in [0.25, 0.3) is 11.1 Å². The van der Waals surface area contributed by atoms with E-state index < -0.39 is 0 Å². The molecule has 6 nitrogen and oxygen atoms in total. The summed E-state index contributed by atoms with van der Waals surface area (Å²) in [5.41, 5.74) is 2.76. The van der Waals surface area contributed by atoms with E-state index in [1.54, 1.807) is 0 Å². The number of amides is 1. The fraction of sp³-hybridized carbons (Fsp3) is 0.588. The summed E-state index contributed by atoms with van der Waals surface area (Å²) in [4.78, 5) is 17.2. The van der Waals surface area contributed by atoms with Crippen LogP contribution in [0, 0.1) is 12.8 Å². The average Bonchev–Trinajstić information content (AvgIpc) is 3.37. The molecule has 6 heteroatoms. The molecule has 0 radical (unpaired) electrons. The Morgan fingerprint density at radius 2 is 2.26 bits per heavy atom. The van der Waals surface area contributed by atoms with Gasteiger partial charge in [0.2, 0.25) is 0 Å². The van der Waals surface area contributed by atoms with Gasteiger partial charge in [-0.05, 0) is 44.6 Å². The second-order valence-electron chi connectivity index (χ2n) is 6.61. The minimum Gasteiger partial charge on any atom is -0.381 e. The molecule has 0 spiro atoms. The lowest BCUT2D eigenvalue weighted by Crippen LogP contribution is -2.33. The quantitative estimate of drug-likeness (QED) is 0.938. The summed E-state index contributed by atoms with van der Waals surface area (Å²) in [6, 6.07) is 1.91. The summed E-state index contributed by atoms with van der Waals surface area (Å²) < 4.78 is 10.8. The highest BCUT2D eigenvalue weighted by molar-refractivity contribution is 6.06. The summed E-state index contributed by atoms with van der Waals surface area (Å²) in [6.07, 6.45) is 4.43. The number of aryl methyl sites for hydroxylation is 1. The highest BCUT2D eigenvalue weighted by atomic mass is 16.5. The van der Waals surface area contributed by atoms with Crippen molar-refractivity contribution in [3.63, 3.8) is 0 Å². The summed E-state index contributed by atoms with van der Waals surface area (Å²) in [7, 11) is 0. The van der Waals surface area contributed by atoms with Gasteiger partial charge in [0.1, 0.15) is 0 Å². The van der Waals surface area contributed by atoms with Crippen molar-refractivity contribution < 1.29 is 14.1 Å². The molecule has 1 saturated heterocycles. The molecule has 2 fully saturated rings. The molecule has 3 heterocycles. The number of hydrogen-bond acceptors (Lipinski definition) is 5. The van der Waals surface area contributed by atoms with Crippen molar-refractivity contribution in [2.45, 2.75) is 38.5 Å². The third-order valence-corrected chi connectivity index (χ3v) is 4.68. The zero-order valence-electron chi connectivity index (χ0n) is 13.3. The lowest BCUT2D eigenvalue weighted by atomic mass is 10.0. The van der Waals surface area contributed by atoms with Gasteiger partial charge < -0.3 is 14.6 Å². The second-order valence-corrected chi connectivity index (χ2v) is 6.61. The van der Waals surface area contributed by atoms with Crippen LogP contribution in [0.3, 0.4) is 0 Å². The van der Waals surface area contributed by atoms with Crippen LogP contribution in [0.15, 0.2) is 10.6 Å². The molecule has 1 amide bonds. The Morgan fingerprint density at radius 1 is 1.39 bits per heavy atom. The smallest absolute Gasteiger partial charge is 0.259 e. The first-order valence-corrected chi connectivity index (χ1v) is 8.35. The number of carbonyl (C=O) groups is 1. The summed E-state index contributed by atoms with van der Waals surface area (Å²) in [5.74, 6) is 0.788. The molecule has 0 aromatic carbocycles. The van der Waals surface area contributed by atoms with Crippen LogP contribution < -0.4 is 5.32 Å². The van der Waals surface area contributed by atoms with Gasteiger partial charge in [0.15, 0.2) is 0 Å². The van der Waals surface area contributed by atoms with E-state index in [0.717, 1.165) is 50.0 Å². The molecule has 4 rings (SSSR count). The van der Waals surface area contributed by atoms with Crippen LogP contribution in [0.5, 0.6) is 0 Å². The highest BCUT2D eigenvalue weighted by Crippen LogP contribution is 2.40. The lowest BCUT2D eigenvalue weighted by Gasteiger charge is -2.22. The topological polar surface area (TPSA) is 77.2 Å². The van der Waals surface area contributed by atoms with Crippen molar-refractivity contribution in [2.75, 3.05) is 19.8 Å². The van der Waals surface area contributed by atoms with Gasteiger partial charge in [0.05, 0.1) is 23.3 Å². The van der Waals surface area contributed by atoms with Gasteiger partial charge in [0, 0.05) is 24.8 Å². The standard InChI is InChI=1S/C17H21N3O3/c1-10-15-13(16(21)18-8-11-3-2-6-22-9-11)7-14(12-4-5-12)19-17(15)23-20-10/h7,11-12H,2-6,8-9H2,1H3,(H,18,21)/t11-/m1/s1. The molecule has 1 N–H and O–H groups in total. The van der Waals surface area contributed by atoms with E-state index in [1.165, 1.54) is 0 Å². The monoisotopic (exact) mass is 315 g/mol. The first kappa shape index (κ1) is 14.6. The first-order chi connectivity index (χ1) is 11.2. The van der Waals surface area contributed by atoms with Gasteiger partial charge in [0.25, 0.3) is 11.6 Å². The third kappa shape index (κ3) is 2.95. The third-order valence-electron chi connectivity index (χ3n) is 4.68. The van der Waals surface area contributed by atoms with E-state index in [9.17, 15) is 4.79 Å². The van der Waals surface area contributed by atoms with Crippen molar-refractivity contribution in [3.05, 3.63) is 23.0 Å². The molecule has 0 unspecified atom stereocenters. The predicted molar refractivity (Wildman–Crippen MR) is 84.4 cm³/mol. The minimum absolute atomic E-state index is 0.0730. The number of nitrogens with zero attached hydrogens (tertiary/aromatic N) is 2. The maximum atomic E-state index is 12.7. The van der Waals surface area contributed by atoms with Gasteiger partial charge in [-0.2, -0.15) is 0 Å². The van der Waals surface area contributed by atoms with Crippen molar-refractivity contribution in [1.82, 2.24) is 15.5 Å². The molecule has 2 aromatic rings. The molecule has 122 valence electrons. The van der Waals surface area contributed by atoms with E-state index in [0.29, 0.717) is 35.4 Å². The van der Waals surface area contributed by atoms with Crippen molar-refractivity contribution in [2.24, 2.45) is 5.92 Å². The maximum absolute atomic E-state index is 12.7. The number of hydrogen-bond donors (Lipinski definition) is 1. The SMILES string of the molecule is Cc1noc2nc(C3CC3)cc(C(=O)NC[C@H]3CCCOC3)c12. The van der Waals surface area contributed by atoms with Crippen LogP contribution in [-0.4, -0.2) is 35.8 Å². The average molecular weight is 315 g/mol. The number of carbonyl (C=O) groups excluding carboxylic acids is 1. The van der Waals surface area contributed by atoms with E-state index in [4.69, 9.17) is 9.26 Å². The van der Waals surface area contributed by atoms with E-state index in [-0.39, 0.29) is 5.91 Å². The molecular formula is C17H21N3O3. The molecule has 2 aromatic heterocycles. The molecule has 2 aliphatic rings. The zero-order valence-corrected chi connectivity index (χ0v) is 13.3. The largest absolute Gasteiger partial charge is 0.381 e. The Kier molecular flexibility index (Phi) is 3.77. The van der Waals surface area contributed by atoms with E-state index in [2.05, 4.69) is 15.5 Å². The fourth-order valence-electron chi connectivity index (χ4n) is 3.18. The zero-order chi connectivity index (χ0) is 15.8. The van der Waals surface area contributed by atoms with Crippen molar-refractivity contribution in [3.8, 4) is 0 Å². The van der Waals surface area contributed by atoms with Crippen LogP contribution in [0.1, 0.15) is 53.3 Å². The Morgan fingerprint density at radius 3 is 3.00 bits per heavy atom. The maximum Gasteiger partial charge on any atom is 0.259 e. The molecule has 1 aliphatic heterocycles. The number of nitrogens with one attached hydrogen (secondary N) is 1. The molecule has 1 saturated carbocycles. The normalized spacial score (nSPS) is 21.5. The lowest BCUT2D eigenvalue weighted by molar-refractivity contribution is 0.0536. The molecule has 1 atom stereocenters. The van der Waals surface area contributed by atoms with Gasteiger partial charge in [-0.1, -0.05) is 5.16 Å². The van der Waals surface area contributed by atoms with Crippen molar-refractivity contribution in [1.29, 1.82) is 0 Å². The highest BCUT2D eigenvalue weighted by Gasteiger charge is 2.28. The number of pyridine rings is 1. The summed E-state index contributed by atoms with van der Waals surface area (Å²) in [5, 5.41) is 7.75. The Balaban J connectivity index is 1.58. The first-order valence-electron chi connectivity index (χ1n) is 8.35. The van der Waals surface area contributed by atoms with E-state index in [1.807, 2.05) is 13.0 Å². The van der Waals surface area contributed by atoms with Crippen LogP contribution >= 0.6 is 0 Å². The van der Waals surface area contributed by atoms with Gasteiger partial charge in [-0.3, -0.25) is 4.79 Å². The van der Waals surface area contributed by atoms with E-state index >= 15 is 0 Å². The van der Waals surface area contributed by atoms with Crippen LogP contribution in [0.2, 0.25) is 0 Å². The van der Waals surface area contributed by atoms with Gasteiger partial charge in [-0.15, -0.1) is 0 Å². The Labute approximate surface area is 134 Å². The fourth-order valence-corrected chi connectivity index (χ4v) is 3.18. The number of aromatic nitrogens is 2. The Bertz CT molecular complexity index is 730. The van der Waals surface area contributed by atoms with Crippen LogP contribution in [0.4, 0.5) is 0 Å². The number of ether oxygens (including phenoxy) is 1. The number of rotatable bonds is 4. The van der Waals surface area contributed by atoms with Gasteiger partial charge in [-0.25, -0.2) is 4.98 Å². The Hall–Kier alpha value is -1.95. The van der Waals surface area contributed by atoms with Crippen LogP contribution in [-0.2, 0) is 4.74 Å². The summed E-state index contributed by atoms with van der Waals surface area (Å²) >= 11 is 0. The molecular weight excluding hydrogens is 294 g/mol. The predicted octanol–water partition coefficient (Wildman–Crippen LogP) is 2.57. The molecule has 0 bridgehead atoms. The molecule has 23 heavy (non-hydrogen) atoms. The molecule has 1 aliphatic carbocycles. The second kappa shape index (κ2) is 5.92. The van der Waals surface area contributed by atoms with Gasteiger partial charge >= 0.3 is 0 Å². The minimum atomic E-state index is -0.0730. The number of fused-ring (bicyclic) bond motifs is 1.